The molecule has 0 saturated carbocycles. The SMILES string of the molecule is CCCCC/C=C/N=C(N)NC(=O)Nc1ccc(C)cc1C. The van der Waals surface area contributed by atoms with E-state index in [2.05, 4.69) is 22.5 Å². The molecule has 22 heavy (non-hydrogen) atoms. The summed E-state index contributed by atoms with van der Waals surface area (Å²) in [6.45, 7) is 6.12. The fraction of sp³-hybridized carbons (Fsp3) is 0.412. The Morgan fingerprint density at radius 1 is 1.32 bits per heavy atom. The molecular formula is C17H26N4O. The lowest BCUT2D eigenvalue weighted by Crippen LogP contribution is -2.39. The number of benzene rings is 1. The molecule has 1 rings (SSSR count). The number of aliphatic imine (C=N–C) groups is 1. The molecule has 4 N–H and O–H groups in total. The van der Waals surface area contributed by atoms with Crippen LogP contribution in [-0.2, 0) is 0 Å². The number of amides is 2. The van der Waals surface area contributed by atoms with Crippen molar-refractivity contribution in [2.75, 3.05) is 5.32 Å². The molecule has 1 aromatic rings. The number of urea groups is 1. The van der Waals surface area contributed by atoms with Crippen LogP contribution in [0.5, 0.6) is 0 Å². The Hall–Kier alpha value is -2.30. The highest BCUT2D eigenvalue weighted by Gasteiger charge is 2.05. The van der Waals surface area contributed by atoms with Gasteiger partial charge in [-0.2, -0.15) is 0 Å². The number of carbonyl (C=O) groups is 1. The van der Waals surface area contributed by atoms with Gasteiger partial charge < -0.3 is 11.1 Å². The maximum atomic E-state index is 11.8. The molecule has 120 valence electrons. The van der Waals surface area contributed by atoms with Gasteiger partial charge >= 0.3 is 6.03 Å². The topological polar surface area (TPSA) is 79.5 Å². The Kier molecular flexibility index (Phi) is 7.75. The Balaban J connectivity index is 2.43. The van der Waals surface area contributed by atoms with E-state index in [1.165, 1.54) is 12.8 Å². The van der Waals surface area contributed by atoms with Crippen molar-refractivity contribution in [3.8, 4) is 0 Å². The maximum absolute atomic E-state index is 11.8. The Bertz CT molecular complexity index is 550. The molecule has 0 aliphatic heterocycles. The third-order valence-electron chi connectivity index (χ3n) is 3.17. The summed E-state index contributed by atoms with van der Waals surface area (Å²) >= 11 is 0. The monoisotopic (exact) mass is 302 g/mol. The first-order chi connectivity index (χ1) is 10.5. The summed E-state index contributed by atoms with van der Waals surface area (Å²) in [6, 6.07) is 5.42. The fourth-order valence-electron chi connectivity index (χ4n) is 1.98. The number of nitrogens with zero attached hydrogens (tertiary/aromatic N) is 1. The number of aryl methyl sites for hydroxylation is 2. The largest absolute Gasteiger partial charge is 0.369 e. The molecule has 0 saturated heterocycles. The molecule has 0 aromatic heterocycles. The zero-order valence-electron chi connectivity index (χ0n) is 13.6. The predicted molar refractivity (Wildman–Crippen MR) is 93.0 cm³/mol. The van der Waals surface area contributed by atoms with Crippen molar-refractivity contribution in [3.05, 3.63) is 41.6 Å². The van der Waals surface area contributed by atoms with Gasteiger partial charge in [-0.05, 0) is 38.3 Å². The van der Waals surface area contributed by atoms with Crippen LogP contribution in [0, 0.1) is 13.8 Å². The molecule has 0 atom stereocenters. The van der Waals surface area contributed by atoms with Gasteiger partial charge in [-0.1, -0.05) is 43.5 Å². The molecular weight excluding hydrogens is 276 g/mol. The van der Waals surface area contributed by atoms with Crippen LogP contribution in [0.2, 0.25) is 0 Å². The third-order valence-corrected chi connectivity index (χ3v) is 3.17. The average molecular weight is 302 g/mol. The smallest absolute Gasteiger partial charge is 0.326 e. The van der Waals surface area contributed by atoms with Gasteiger partial charge in [-0.3, -0.25) is 5.32 Å². The Labute approximate surface area is 132 Å². The number of anilines is 1. The second-order valence-electron chi connectivity index (χ2n) is 5.29. The van der Waals surface area contributed by atoms with Gasteiger partial charge in [0.05, 0.1) is 0 Å². The molecule has 0 aliphatic rings. The molecule has 0 aliphatic carbocycles. The van der Waals surface area contributed by atoms with E-state index in [4.69, 9.17) is 5.73 Å². The van der Waals surface area contributed by atoms with Gasteiger partial charge in [0.15, 0.2) is 0 Å². The average Bonchev–Trinajstić information content (AvgIpc) is 2.45. The molecule has 0 radical (unpaired) electrons. The highest BCUT2D eigenvalue weighted by atomic mass is 16.2. The number of rotatable bonds is 6. The van der Waals surface area contributed by atoms with Crippen LogP contribution in [0.25, 0.3) is 0 Å². The van der Waals surface area contributed by atoms with Crippen molar-refractivity contribution in [1.29, 1.82) is 0 Å². The lowest BCUT2D eigenvalue weighted by Gasteiger charge is -2.09. The van der Waals surface area contributed by atoms with Crippen LogP contribution in [-0.4, -0.2) is 12.0 Å². The van der Waals surface area contributed by atoms with Crippen molar-refractivity contribution in [2.45, 2.75) is 46.5 Å². The molecule has 0 spiro atoms. The minimum Gasteiger partial charge on any atom is -0.369 e. The normalized spacial score (nSPS) is 11.7. The molecule has 5 nitrogen and oxygen atoms in total. The van der Waals surface area contributed by atoms with Gasteiger partial charge in [0.25, 0.3) is 0 Å². The van der Waals surface area contributed by atoms with Gasteiger partial charge in [0.2, 0.25) is 5.96 Å². The highest BCUT2D eigenvalue weighted by molar-refractivity contribution is 6.02. The lowest BCUT2D eigenvalue weighted by molar-refractivity contribution is 0.256. The van der Waals surface area contributed by atoms with E-state index in [-0.39, 0.29) is 5.96 Å². The summed E-state index contributed by atoms with van der Waals surface area (Å²) in [5.74, 6) is 0.0778. The summed E-state index contributed by atoms with van der Waals surface area (Å²) in [5.41, 5.74) is 8.57. The first kappa shape index (κ1) is 17.8. The molecule has 0 heterocycles. The van der Waals surface area contributed by atoms with Crippen LogP contribution in [0.3, 0.4) is 0 Å². The van der Waals surface area contributed by atoms with E-state index in [1.807, 2.05) is 38.1 Å². The zero-order valence-corrected chi connectivity index (χ0v) is 13.6. The number of guanidine groups is 1. The van der Waals surface area contributed by atoms with E-state index in [9.17, 15) is 4.79 Å². The summed E-state index contributed by atoms with van der Waals surface area (Å²) in [5, 5.41) is 5.25. The third kappa shape index (κ3) is 6.92. The molecule has 2 amide bonds. The molecule has 0 bridgehead atoms. The van der Waals surface area contributed by atoms with E-state index in [1.54, 1.807) is 6.20 Å². The summed E-state index contributed by atoms with van der Waals surface area (Å²) < 4.78 is 0. The van der Waals surface area contributed by atoms with E-state index < -0.39 is 6.03 Å². The molecule has 0 fully saturated rings. The molecule has 1 aromatic carbocycles. The standard InChI is InChI=1S/C17H26N4O/c1-4-5-6-7-8-11-19-16(18)21-17(22)20-15-10-9-13(2)12-14(15)3/h8-12H,4-7H2,1-3H3,(H4,18,19,20,21,22)/b11-8+. The van der Waals surface area contributed by atoms with Crippen molar-refractivity contribution in [1.82, 2.24) is 5.32 Å². The van der Waals surface area contributed by atoms with Crippen LogP contribution in [0.15, 0.2) is 35.5 Å². The summed E-state index contributed by atoms with van der Waals surface area (Å²) in [6.07, 6.45) is 8.09. The summed E-state index contributed by atoms with van der Waals surface area (Å²) in [7, 11) is 0. The van der Waals surface area contributed by atoms with Crippen molar-refractivity contribution >= 4 is 17.7 Å². The minimum atomic E-state index is -0.396. The zero-order chi connectivity index (χ0) is 16.4. The molecule has 5 heteroatoms. The first-order valence-electron chi connectivity index (χ1n) is 7.66. The van der Waals surface area contributed by atoms with Crippen molar-refractivity contribution < 1.29 is 4.79 Å². The lowest BCUT2D eigenvalue weighted by atomic mass is 10.1. The summed E-state index contributed by atoms with van der Waals surface area (Å²) in [4.78, 5) is 15.8. The number of hydrogen-bond acceptors (Lipinski definition) is 2. The van der Waals surface area contributed by atoms with Gasteiger partial charge in [0.1, 0.15) is 0 Å². The van der Waals surface area contributed by atoms with Crippen molar-refractivity contribution in [3.63, 3.8) is 0 Å². The van der Waals surface area contributed by atoms with E-state index in [0.29, 0.717) is 0 Å². The van der Waals surface area contributed by atoms with E-state index >= 15 is 0 Å². The van der Waals surface area contributed by atoms with Gasteiger partial charge in [-0.25, -0.2) is 9.79 Å². The number of nitrogens with two attached hydrogens (primary N) is 1. The number of allylic oxidation sites excluding steroid dienone is 1. The minimum absolute atomic E-state index is 0.0778. The first-order valence-corrected chi connectivity index (χ1v) is 7.66. The fourth-order valence-corrected chi connectivity index (χ4v) is 1.98. The predicted octanol–water partition coefficient (Wildman–Crippen LogP) is 3.83. The highest BCUT2D eigenvalue weighted by Crippen LogP contribution is 2.15. The Morgan fingerprint density at radius 2 is 2.09 bits per heavy atom. The van der Waals surface area contributed by atoms with Gasteiger partial charge in [0, 0.05) is 11.9 Å². The second-order valence-corrected chi connectivity index (χ2v) is 5.29. The Morgan fingerprint density at radius 3 is 2.77 bits per heavy atom. The van der Waals surface area contributed by atoms with Crippen LogP contribution in [0.1, 0.15) is 43.7 Å². The quantitative estimate of drug-likeness (QED) is 0.424. The van der Waals surface area contributed by atoms with Crippen molar-refractivity contribution in [2.24, 2.45) is 10.7 Å². The number of hydrogen-bond donors (Lipinski definition) is 3. The van der Waals surface area contributed by atoms with Crippen LogP contribution >= 0.6 is 0 Å². The number of carbonyl (C=O) groups excluding carboxylic acids is 1. The van der Waals surface area contributed by atoms with Crippen LogP contribution < -0.4 is 16.4 Å². The van der Waals surface area contributed by atoms with Crippen LogP contribution in [0.4, 0.5) is 10.5 Å². The van der Waals surface area contributed by atoms with Gasteiger partial charge in [-0.15, -0.1) is 0 Å². The number of unbranched alkanes of at least 4 members (excludes halogenated alkanes) is 3. The second kappa shape index (κ2) is 9.60. The maximum Gasteiger partial charge on any atom is 0.326 e. The molecule has 0 unspecified atom stereocenters. The van der Waals surface area contributed by atoms with E-state index in [0.717, 1.165) is 29.7 Å². The number of nitrogens with one attached hydrogen (secondary N) is 2.